The molecule has 0 fully saturated rings. The first-order valence-corrected chi connectivity index (χ1v) is 11.0. The van der Waals surface area contributed by atoms with Crippen molar-refractivity contribution < 1.29 is 14.1 Å². The minimum atomic E-state index is -0.115. The summed E-state index contributed by atoms with van der Waals surface area (Å²) < 4.78 is 11.2. The molecule has 1 amide bonds. The Labute approximate surface area is 193 Å². The van der Waals surface area contributed by atoms with Crippen molar-refractivity contribution in [2.75, 3.05) is 13.2 Å². The van der Waals surface area contributed by atoms with Crippen LogP contribution in [0.25, 0.3) is 11.4 Å². The number of nitrogens with zero attached hydrogens (tertiary/aromatic N) is 3. The standard InChI is InChI=1S/C27H27N3O3/c1-21(23-13-7-3-8-14-23)30(26(31)20-32-19-22-11-5-2-6-12-22)18-17-25-28-27(29-33-25)24-15-9-4-10-16-24/h2-16,21H,17-20H2,1H3/t21-/m0/s1. The predicted molar refractivity (Wildman–Crippen MR) is 126 cm³/mol. The lowest BCUT2D eigenvalue weighted by Crippen LogP contribution is -2.37. The summed E-state index contributed by atoms with van der Waals surface area (Å²) in [5.74, 6) is 0.966. The number of carbonyl (C=O) groups is 1. The molecule has 3 aromatic carbocycles. The molecule has 0 spiro atoms. The lowest BCUT2D eigenvalue weighted by Gasteiger charge is -2.29. The number of amides is 1. The summed E-state index contributed by atoms with van der Waals surface area (Å²) in [6, 6.07) is 29.4. The molecule has 4 rings (SSSR count). The van der Waals surface area contributed by atoms with Crippen molar-refractivity contribution in [2.24, 2.45) is 0 Å². The van der Waals surface area contributed by atoms with Gasteiger partial charge in [-0.05, 0) is 18.1 Å². The van der Waals surface area contributed by atoms with E-state index in [2.05, 4.69) is 10.1 Å². The number of carbonyl (C=O) groups excluding carboxylic acids is 1. The van der Waals surface area contributed by atoms with E-state index in [-0.39, 0.29) is 18.6 Å². The maximum atomic E-state index is 13.1. The van der Waals surface area contributed by atoms with Gasteiger partial charge >= 0.3 is 0 Å². The Morgan fingerprint density at radius 2 is 1.58 bits per heavy atom. The van der Waals surface area contributed by atoms with Crippen LogP contribution in [0.15, 0.2) is 95.5 Å². The van der Waals surface area contributed by atoms with Crippen molar-refractivity contribution >= 4 is 5.91 Å². The lowest BCUT2D eigenvalue weighted by atomic mass is 10.1. The molecule has 33 heavy (non-hydrogen) atoms. The molecule has 0 saturated carbocycles. The van der Waals surface area contributed by atoms with Crippen molar-refractivity contribution in [1.29, 1.82) is 0 Å². The largest absolute Gasteiger partial charge is 0.367 e. The third-order valence-electron chi connectivity index (χ3n) is 5.47. The number of hydrogen-bond donors (Lipinski definition) is 0. The summed E-state index contributed by atoms with van der Waals surface area (Å²) >= 11 is 0. The molecule has 6 heteroatoms. The van der Waals surface area contributed by atoms with Gasteiger partial charge in [-0.3, -0.25) is 4.79 Å². The first kappa shape index (κ1) is 22.4. The highest BCUT2D eigenvalue weighted by Crippen LogP contribution is 2.21. The fraction of sp³-hybridized carbons (Fsp3) is 0.222. The summed E-state index contributed by atoms with van der Waals surface area (Å²) in [7, 11) is 0. The van der Waals surface area contributed by atoms with E-state index in [9.17, 15) is 4.79 Å². The Morgan fingerprint density at radius 3 is 2.27 bits per heavy atom. The maximum Gasteiger partial charge on any atom is 0.249 e. The Kier molecular flexibility index (Phi) is 7.61. The average molecular weight is 442 g/mol. The van der Waals surface area contributed by atoms with Crippen molar-refractivity contribution in [3.05, 3.63) is 108 Å². The Morgan fingerprint density at radius 1 is 0.939 bits per heavy atom. The molecule has 0 unspecified atom stereocenters. The summed E-state index contributed by atoms with van der Waals surface area (Å²) in [5.41, 5.74) is 2.99. The second-order valence-electron chi connectivity index (χ2n) is 7.78. The van der Waals surface area contributed by atoms with Gasteiger partial charge < -0.3 is 14.2 Å². The van der Waals surface area contributed by atoms with Crippen LogP contribution in [0.3, 0.4) is 0 Å². The van der Waals surface area contributed by atoms with Crippen molar-refractivity contribution in [1.82, 2.24) is 15.0 Å². The first-order chi connectivity index (χ1) is 16.2. The van der Waals surface area contributed by atoms with Gasteiger partial charge in [0.15, 0.2) is 0 Å². The lowest BCUT2D eigenvalue weighted by molar-refractivity contribution is -0.138. The number of hydrogen-bond acceptors (Lipinski definition) is 5. The smallest absolute Gasteiger partial charge is 0.249 e. The predicted octanol–water partition coefficient (Wildman–Crippen LogP) is 5.09. The molecule has 0 aliphatic rings. The molecule has 0 aliphatic heterocycles. The highest BCUT2D eigenvalue weighted by Gasteiger charge is 2.22. The van der Waals surface area contributed by atoms with Crippen molar-refractivity contribution in [3.8, 4) is 11.4 Å². The number of rotatable bonds is 10. The third kappa shape index (κ3) is 6.14. The zero-order chi connectivity index (χ0) is 22.9. The van der Waals surface area contributed by atoms with Gasteiger partial charge in [0.05, 0.1) is 12.6 Å². The topological polar surface area (TPSA) is 68.5 Å². The van der Waals surface area contributed by atoms with Crippen LogP contribution in [-0.4, -0.2) is 34.1 Å². The zero-order valence-corrected chi connectivity index (χ0v) is 18.6. The second kappa shape index (κ2) is 11.2. The molecule has 1 atom stereocenters. The van der Waals surface area contributed by atoms with Crippen LogP contribution in [0, 0.1) is 0 Å². The summed E-state index contributed by atoms with van der Waals surface area (Å²) in [6.07, 6.45) is 0.460. The van der Waals surface area contributed by atoms with Crippen LogP contribution in [-0.2, 0) is 22.6 Å². The molecule has 4 aromatic rings. The molecular weight excluding hydrogens is 414 g/mol. The van der Waals surface area contributed by atoms with E-state index >= 15 is 0 Å². The Bertz CT molecular complexity index is 1130. The highest BCUT2D eigenvalue weighted by molar-refractivity contribution is 5.78. The van der Waals surface area contributed by atoms with Crippen LogP contribution in [0.1, 0.15) is 30.0 Å². The highest BCUT2D eigenvalue weighted by atomic mass is 16.5. The third-order valence-corrected chi connectivity index (χ3v) is 5.47. The Balaban J connectivity index is 1.42. The molecule has 0 radical (unpaired) electrons. The molecule has 1 heterocycles. The van der Waals surface area contributed by atoms with Gasteiger partial charge in [-0.25, -0.2) is 0 Å². The van der Waals surface area contributed by atoms with Crippen LogP contribution in [0.2, 0.25) is 0 Å². The van der Waals surface area contributed by atoms with Gasteiger partial charge in [0.1, 0.15) is 6.61 Å². The van der Waals surface area contributed by atoms with E-state index in [0.717, 1.165) is 16.7 Å². The van der Waals surface area contributed by atoms with E-state index in [0.29, 0.717) is 31.3 Å². The fourth-order valence-electron chi connectivity index (χ4n) is 3.64. The Hall–Kier alpha value is -3.77. The van der Waals surface area contributed by atoms with E-state index in [1.807, 2.05) is 103 Å². The maximum absolute atomic E-state index is 13.1. The second-order valence-corrected chi connectivity index (χ2v) is 7.78. The first-order valence-electron chi connectivity index (χ1n) is 11.0. The molecular formula is C27H27N3O3. The van der Waals surface area contributed by atoms with Gasteiger partial charge in [0, 0.05) is 18.5 Å². The molecule has 168 valence electrons. The molecule has 0 aliphatic carbocycles. The van der Waals surface area contributed by atoms with Gasteiger partial charge in [-0.2, -0.15) is 4.98 Å². The zero-order valence-electron chi connectivity index (χ0n) is 18.6. The van der Waals surface area contributed by atoms with Crippen molar-refractivity contribution in [3.63, 3.8) is 0 Å². The fourth-order valence-corrected chi connectivity index (χ4v) is 3.64. The van der Waals surface area contributed by atoms with Crippen LogP contribution >= 0.6 is 0 Å². The van der Waals surface area contributed by atoms with Crippen LogP contribution < -0.4 is 0 Å². The van der Waals surface area contributed by atoms with Crippen LogP contribution in [0.4, 0.5) is 0 Å². The van der Waals surface area contributed by atoms with Gasteiger partial charge in [-0.15, -0.1) is 0 Å². The SMILES string of the molecule is C[C@@H](c1ccccc1)N(CCc1nc(-c2ccccc2)no1)C(=O)COCc1ccccc1. The average Bonchev–Trinajstić information content (AvgIpc) is 3.35. The van der Waals surface area contributed by atoms with Crippen molar-refractivity contribution in [2.45, 2.75) is 26.0 Å². The van der Waals surface area contributed by atoms with Crippen LogP contribution in [0.5, 0.6) is 0 Å². The van der Waals surface area contributed by atoms with Gasteiger partial charge in [0.2, 0.25) is 17.6 Å². The van der Waals surface area contributed by atoms with E-state index in [1.54, 1.807) is 0 Å². The monoisotopic (exact) mass is 441 g/mol. The molecule has 0 saturated heterocycles. The molecule has 0 bridgehead atoms. The van der Waals surface area contributed by atoms with E-state index < -0.39 is 0 Å². The summed E-state index contributed by atoms with van der Waals surface area (Å²) in [4.78, 5) is 19.4. The van der Waals surface area contributed by atoms with E-state index in [4.69, 9.17) is 9.26 Å². The number of ether oxygens (including phenoxy) is 1. The molecule has 0 N–H and O–H groups in total. The van der Waals surface area contributed by atoms with Gasteiger partial charge in [0.25, 0.3) is 0 Å². The summed E-state index contributed by atoms with van der Waals surface area (Å²) in [6.45, 7) is 2.86. The van der Waals surface area contributed by atoms with E-state index in [1.165, 1.54) is 0 Å². The molecule has 6 nitrogen and oxygen atoms in total. The van der Waals surface area contributed by atoms with Gasteiger partial charge in [-0.1, -0.05) is 96.2 Å². The normalized spacial score (nSPS) is 11.8. The summed E-state index contributed by atoms with van der Waals surface area (Å²) in [5, 5.41) is 4.08. The minimum Gasteiger partial charge on any atom is -0.367 e. The minimum absolute atomic E-state index is 0.00513. The number of benzene rings is 3. The quantitative estimate of drug-likeness (QED) is 0.343. The molecule has 1 aromatic heterocycles. The number of aromatic nitrogens is 2.